The molecule has 0 aliphatic carbocycles. The average molecular weight is 380 g/mol. The molecule has 0 bridgehead atoms. The molecule has 6 heteroatoms. The lowest BCUT2D eigenvalue weighted by Crippen LogP contribution is -2.31. The first-order valence-corrected chi connectivity index (χ1v) is 9.01. The van der Waals surface area contributed by atoms with Crippen LogP contribution in [0.3, 0.4) is 0 Å². The molecule has 1 aliphatic rings. The maximum absolute atomic E-state index is 13.6. The number of rotatable bonds is 3. The van der Waals surface area contributed by atoms with E-state index in [2.05, 4.69) is 4.90 Å². The van der Waals surface area contributed by atoms with Crippen LogP contribution < -0.4 is 0 Å². The number of carboxylic acids is 1. The van der Waals surface area contributed by atoms with Gasteiger partial charge >= 0.3 is 5.97 Å². The molecule has 0 unspecified atom stereocenters. The minimum atomic E-state index is -1.00. The Bertz CT molecular complexity index is 1120. The van der Waals surface area contributed by atoms with Gasteiger partial charge in [0.15, 0.2) is 11.6 Å². The SMILES string of the molecule is CCN1CC(=Cc2ccc(F)c(F)c2)c2nc3ccccc3c(C(=O)O)c2C1. The summed E-state index contributed by atoms with van der Waals surface area (Å²) in [5, 5.41) is 10.5. The van der Waals surface area contributed by atoms with Crippen LogP contribution in [0.25, 0.3) is 22.6 Å². The third-order valence-electron chi connectivity index (χ3n) is 5.02. The molecule has 0 spiro atoms. The molecule has 1 aromatic heterocycles. The fourth-order valence-corrected chi connectivity index (χ4v) is 3.65. The first kappa shape index (κ1) is 18.3. The smallest absolute Gasteiger partial charge is 0.336 e. The van der Waals surface area contributed by atoms with Crippen molar-refractivity contribution in [2.45, 2.75) is 13.5 Å². The van der Waals surface area contributed by atoms with Crippen LogP contribution in [-0.4, -0.2) is 34.0 Å². The molecule has 3 aromatic rings. The van der Waals surface area contributed by atoms with Gasteiger partial charge in [-0.05, 0) is 42.0 Å². The van der Waals surface area contributed by atoms with Gasteiger partial charge in [0.2, 0.25) is 0 Å². The van der Waals surface area contributed by atoms with Crippen molar-refractivity contribution >= 4 is 28.5 Å². The van der Waals surface area contributed by atoms with Crippen LogP contribution in [0.1, 0.15) is 34.1 Å². The van der Waals surface area contributed by atoms with Gasteiger partial charge in [-0.3, -0.25) is 4.90 Å². The maximum Gasteiger partial charge on any atom is 0.336 e. The Hall–Kier alpha value is -3.12. The van der Waals surface area contributed by atoms with Crippen molar-refractivity contribution in [2.75, 3.05) is 13.1 Å². The summed E-state index contributed by atoms with van der Waals surface area (Å²) < 4.78 is 26.9. The summed E-state index contributed by atoms with van der Waals surface area (Å²) in [6, 6.07) is 10.9. The Balaban J connectivity index is 1.97. The summed E-state index contributed by atoms with van der Waals surface area (Å²) in [5.74, 6) is -2.82. The van der Waals surface area contributed by atoms with E-state index in [1.165, 1.54) is 6.07 Å². The number of hydrogen-bond acceptors (Lipinski definition) is 3. The van der Waals surface area contributed by atoms with E-state index in [4.69, 9.17) is 4.98 Å². The van der Waals surface area contributed by atoms with Crippen molar-refractivity contribution < 1.29 is 18.7 Å². The van der Waals surface area contributed by atoms with E-state index in [-0.39, 0.29) is 5.56 Å². The number of carbonyl (C=O) groups is 1. The van der Waals surface area contributed by atoms with E-state index in [9.17, 15) is 18.7 Å². The van der Waals surface area contributed by atoms with Crippen molar-refractivity contribution in [2.24, 2.45) is 0 Å². The number of halogens is 2. The third kappa shape index (κ3) is 3.16. The highest BCUT2D eigenvalue weighted by Gasteiger charge is 2.27. The van der Waals surface area contributed by atoms with E-state index < -0.39 is 17.6 Å². The fourth-order valence-electron chi connectivity index (χ4n) is 3.65. The van der Waals surface area contributed by atoms with E-state index in [1.807, 2.05) is 13.0 Å². The lowest BCUT2D eigenvalue weighted by molar-refractivity contribution is 0.0696. The Morgan fingerprint density at radius 3 is 2.68 bits per heavy atom. The maximum atomic E-state index is 13.6. The van der Waals surface area contributed by atoms with Crippen LogP contribution in [0.15, 0.2) is 42.5 Å². The molecule has 0 saturated carbocycles. The molecule has 1 aliphatic heterocycles. The molecular weight excluding hydrogens is 362 g/mol. The van der Waals surface area contributed by atoms with Gasteiger partial charge in [0.25, 0.3) is 0 Å². The number of para-hydroxylation sites is 1. The summed E-state index contributed by atoms with van der Waals surface area (Å²) in [6.07, 6.45) is 1.75. The quantitative estimate of drug-likeness (QED) is 0.722. The second-order valence-electron chi connectivity index (χ2n) is 6.78. The predicted octanol–water partition coefficient (Wildman–Crippen LogP) is 4.59. The minimum absolute atomic E-state index is 0.245. The summed E-state index contributed by atoms with van der Waals surface area (Å²) in [6.45, 7) is 3.74. The van der Waals surface area contributed by atoms with E-state index in [0.29, 0.717) is 40.8 Å². The fraction of sp³-hybridized carbons (Fsp3) is 0.182. The molecule has 2 aromatic carbocycles. The highest BCUT2D eigenvalue weighted by molar-refractivity contribution is 6.06. The van der Waals surface area contributed by atoms with Crippen LogP contribution in [-0.2, 0) is 6.54 Å². The summed E-state index contributed by atoms with van der Waals surface area (Å²) in [4.78, 5) is 18.9. The van der Waals surface area contributed by atoms with Gasteiger partial charge in [0.05, 0.1) is 16.8 Å². The number of nitrogens with zero attached hydrogens (tertiary/aromatic N) is 2. The predicted molar refractivity (Wildman–Crippen MR) is 104 cm³/mol. The Kier molecular flexibility index (Phi) is 4.65. The van der Waals surface area contributed by atoms with Gasteiger partial charge in [0.1, 0.15) is 0 Å². The normalized spacial score (nSPS) is 15.8. The minimum Gasteiger partial charge on any atom is -0.478 e. The van der Waals surface area contributed by atoms with E-state index in [0.717, 1.165) is 24.3 Å². The molecule has 1 N–H and O–H groups in total. The number of aromatic carboxylic acids is 1. The summed E-state index contributed by atoms with van der Waals surface area (Å²) in [7, 11) is 0. The number of aromatic nitrogens is 1. The average Bonchev–Trinajstić information content (AvgIpc) is 2.68. The van der Waals surface area contributed by atoms with Gasteiger partial charge in [0, 0.05) is 24.0 Å². The molecule has 4 nitrogen and oxygen atoms in total. The van der Waals surface area contributed by atoms with Crippen molar-refractivity contribution in [1.29, 1.82) is 0 Å². The zero-order valence-electron chi connectivity index (χ0n) is 15.2. The Morgan fingerprint density at radius 1 is 1.18 bits per heavy atom. The van der Waals surface area contributed by atoms with Crippen molar-refractivity contribution in [3.8, 4) is 0 Å². The molecular formula is C22H18F2N2O2. The van der Waals surface area contributed by atoms with E-state index >= 15 is 0 Å². The highest BCUT2D eigenvalue weighted by Crippen LogP contribution is 2.34. The lowest BCUT2D eigenvalue weighted by Gasteiger charge is -2.30. The van der Waals surface area contributed by atoms with Crippen LogP contribution in [0, 0.1) is 11.6 Å². The van der Waals surface area contributed by atoms with Crippen LogP contribution >= 0.6 is 0 Å². The van der Waals surface area contributed by atoms with Gasteiger partial charge in [-0.2, -0.15) is 0 Å². The van der Waals surface area contributed by atoms with Crippen molar-refractivity contribution in [3.63, 3.8) is 0 Å². The highest BCUT2D eigenvalue weighted by atomic mass is 19.2. The molecule has 0 atom stereocenters. The second kappa shape index (κ2) is 7.13. The van der Waals surface area contributed by atoms with Gasteiger partial charge in [-0.15, -0.1) is 0 Å². The number of benzene rings is 2. The molecule has 142 valence electrons. The zero-order valence-corrected chi connectivity index (χ0v) is 15.2. The van der Waals surface area contributed by atoms with Crippen LogP contribution in [0.4, 0.5) is 8.78 Å². The Morgan fingerprint density at radius 2 is 1.96 bits per heavy atom. The van der Waals surface area contributed by atoms with Gasteiger partial charge in [-0.1, -0.05) is 31.2 Å². The molecule has 0 amide bonds. The van der Waals surface area contributed by atoms with Gasteiger partial charge < -0.3 is 5.11 Å². The third-order valence-corrected chi connectivity index (χ3v) is 5.02. The number of pyridine rings is 1. The van der Waals surface area contributed by atoms with Crippen LogP contribution in [0.2, 0.25) is 0 Å². The van der Waals surface area contributed by atoms with E-state index in [1.54, 1.807) is 24.3 Å². The number of fused-ring (bicyclic) bond motifs is 2. The lowest BCUT2D eigenvalue weighted by atomic mass is 9.92. The van der Waals surface area contributed by atoms with Crippen molar-refractivity contribution in [3.05, 3.63) is 76.5 Å². The largest absolute Gasteiger partial charge is 0.478 e. The standard InChI is InChI=1S/C22H18F2N2O2/c1-2-26-11-14(9-13-7-8-17(23)18(24)10-13)21-16(12-26)20(22(27)28)15-5-3-4-6-19(15)25-21/h3-10H,2,11-12H2,1H3,(H,27,28). The molecule has 2 heterocycles. The van der Waals surface area contributed by atoms with Crippen molar-refractivity contribution in [1.82, 2.24) is 9.88 Å². The Labute approximate surface area is 160 Å². The molecule has 28 heavy (non-hydrogen) atoms. The number of likely N-dealkylation sites (N-methyl/N-ethyl adjacent to an activating group) is 1. The van der Waals surface area contributed by atoms with Crippen LogP contribution in [0.5, 0.6) is 0 Å². The van der Waals surface area contributed by atoms with Gasteiger partial charge in [-0.25, -0.2) is 18.6 Å². The first-order valence-electron chi connectivity index (χ1n) is 9.01. The molecule has 0 saturated heterocycles. The monoisotopic (exact) mass is 380 g/mol. The summed E-state index contributed by atoms with van der Waals surface area (Å²) in [5.41, 5.74) is 3.38. The zero-order chi connectivity index (χ0) is 19.8. The first-order chi connectivity index (χ1) is 13.5. The molecule has 4 rings (SSSR count). The summed E-state index contributed by atoms with van der Waals surface area (Å²) >= 11 is 0. The molecule has 0 radical (unpaired) electrons. The molecule has 0 fully saturated rings. The topological polar surface area (TPSA) is 53.4 Å². The number of hydrogen-bond donors (Lipinski definition) is 1. The second-order valence-corrected chi connectivity index (χ2v) is 6.78. The number of carboxylic acid groups (broad SMARTS) is 1.